The summed E-state index contributed by atoms with van der Waals surface area (Å²) < 4.78 is 2.07. The number of amides is 2. The van der Waals surface area contributed by atoms with Gasteiger partial charge in [-0.1, -0.05) is 17.7 Å². The second kappa shape index (κ2) is 9.71. The van der Waals surface area contributed by atoms with Gasteiger partial charge in [0.05, 0.1) is 12.0 Å². The van der Waals surface area contributed by atoms with Gasteiger partial charge >= 0.3 is 0 Å². The van der Waals surface area contributed by atoms with Gasteiger partial charge in [0, 0.05) is 35.2 Å². The zero-order chi connectivity index (χ0) is 25.6. The summed E-state index contributed by atoms with van der Waals surface area (Å²) in [4.78, 5) is 31.6. The number of thioether (sulfide) groups is 1. The molecule has 4 heterocycles. The maximum absolute atomic E-state index is 12.9. The molecule has 1 aromatic carbocycles. The Morgan fingerprint density at radius 3 is 2.64 bits per heavy atom. The highest BCUT2D eigenvalue weighted by molar-refractivity contribution is 8.27. The maximum atomic E-state index is 12.9. The minimum absolute atomic E-state index is 0.0265. The number of nitrogens with one attached hydrogen (secondary N) is 1. The number of amidine groups is 2. The molecule has 8 nitrogen and oxygen atoms in total. The lowest BCUT2D eigenvalue weighted by Gasteiger charge is -2.26. The molecule has 1 saturated heterocycles. The standard InChI is InChI=1S/C26H27ClN6O2S/c1-15-7-8-19(13-21(15)27)32-16(2)11-18(17(32)3)12-20-24(28)33-26(29-25(20)35)36-22(30-33)14-23(34)31-9-5-4-6-10-31/h7-8,11-13,28H,4-6,9-10,14H2,1-3H3/b20-12+,28-24?. The summed E-state index contributed by atoms with van der Waals surface area (Å²) in [6.45, 7) is 7.46. The van der Waals surface area contributed by atoms with E-state index in [0.29, 0.717) is 15.2 Å². The number of nitrogens with zero attached hydrogens (tertiary/aromatic N) is 5. The van der Waals surface area contributed by atoms with E-state index in [4.69, 9.17) is 17.0 Å². The van der Waals surface area contributed by atoms with Crippen LogP contribution < -0.4 is 0 Å². The van der Waals surface area contributed by atoms with E-state index in [-0.39, 0.29) is 23.7 Å². The van der Waals surface area contributed by atoms with Crippen LogP contribution in [0, 0.1) is 26.2 Å². The van der Waals surface area contributed by atoms with Crippen molar-refractivity contribution >= 4 is 57.3 Å². The monoisotopic (exact) mass is 522 g/mol. The summed E-state index contributed by atoms with van der Waals surface area (Å²) in [5.41, 5.74) is 4.80. The van der Waals surface area contributed by atoms with E-state index in [1.165, 1.54) is 16.8 Å². The van der Waals surface area contributed by atoms with Crippen molar-refractivity contribution in [3.05, 3.63) is 57.4 Å². The van der Waals surface area contributed by atoms with Gasteiger partial charge in [-0.3, -0.25) is 15.0 Å². The molecule has 1 N–H and O–H groups in total. The molecule has 1 aromatic heterocycles. The zero-order valence-electron chi connectivity index (χ0n) is 20.5. The third-order valence-corrected chi connectivity index (χ3v) is 8.01. The number of likely N-dealkylation sites (tertiary alicyclic amines) is 1. The first-order valence-electron chi connectivity index (χ1n) is 12.0. The number of hydrazone groups is 1. The van der Waals surface area contributed by atoms with Gasteiger partial charge < -0.3 is 9.47 Å². The minimum Gasteiger partial charge on any atom is -0.342 e. The summed E-state index contributed by atoms with van der Waals surface area (Å²) in [5.74, 6) is -0.500. The lowest BCUT2D eigenvalue weighted by atomic mass is 10.1. The summed E-state index contributed by atoms with van der Waals surface area (Å²) in [6.07, 6.45) is 5.04. The number of fused-ring (bicyclic) bond motifs is 1. The van der Waals surface area contributed by atoms with Gasteiger partial charge in [-0.2, -0.15) is 15.1 Å². The van der Waals surface area contributed by atoms with Crippen molar-refractivity contribution in [3.63, 3.8) is 0 Å². The molecule has 0 aliphatic carbocycles. The zero-order valence-corrected chi connectivity index (χ0v) is 22.0. The average Bonchev–Trinajstić information content (AvgIpc) is 3.38. The quantitative estimate of drug-likeness (QED) is 0.567. The van der Waals surface area contributed by atoms with E-state index in [1.54, 1.807) is 6.08 Å². The molecule has 186 valence electrons. The number of aryl methyl sites for hydroxylation is 2. The summed E-state index contributed by atoms with van der Waals surface area (Å²) in [6, 6.07) is 7.87. The molecule has 5 rings (SSSR count). The van der Waals surface area contributed by atoms with Crippen molar-refractivity contribution < 1.29 is 9.59 Å². The second-order valence-corrected chi connectivity index (χ2v) is 10.7. The number of hydrogen-bond acceptors (Lipinski definition) is 5. The van der Waals surface area contributed by atoms with Crippen LogP contribution in [0.25, 0.3) is 11.8 Å². The van der Waals surface area contributed by atoms with E-state index in [0.717, 1.165) is 60.6 Å². The maximum Gasteiger partial charge on any atom is 0.283 e. The molecule has 0 atom stereocenters. The lowest BCUT2D eigenvalue weighted by molar-refractivity contribution is -0.130. The average molecular weight is 523 g/mol. The molecule has 0 saturated carbocycles. The summed E-state index contributed by atoms with van der Waals surface area (Å²) in [5, 5.41) is 16.1. The van der Waals surface area contributed by atoms with Crippen molar-refractivity contribution in [2.24, 2.45) is 10.1 Å². The molecule has 2 amide bonds. The van der Waals surface area contributed by atoms with Crippen LogP contribution in [0.2, 0.25) is 5.02 Å². The fraction of sp³-hybridized carbons (Fsp3) is 0.346. The first-order valence-corrected chi connectivity index (χ1v) is 13.1. The highest BCUT2D eigenvalue weighted by atomic mass is 35.5. The Morgan fingerprint density at radius 2 is 1.92 bits per heavy atom. The molecule has 2 aromatic rings. The lowest BCUT2D eigenvalue weighted by Crippen LogP contribution is -2.36. The topological polar surface area (TPSA) is 94.1 Å². The van der Waals surface area contributed by atoms with Gasteiger partial charge in [-0.25, -0.2) is 0 Å². The third kappa shape index (κ3) is 4.53. The Hall–Kier alpha value is -3.17. The number of aromatic nitrogens is 1. The van der Waals surface area contributed by atoms with Crippen LogP contribution in [0.4, 0.5) is 0 Å². The van der Waals surface area contributed by atoms with Crippen molar-refractivity contribution in [3.8, 4) is 5.69 Å². The second-order valence-electron chi connectivity index (χ2n) is 9.23. The molecule has 0 spiro atoms. The number of rotatable bonds is 4. The van der Waals surface area contributed by atoms with E-state index < -0.39 is 5.91 Å². The van der Waals surface area contributed by atoms with Gasteiger partial charge in [0.25, 0.3) is 5.91 Å². The van der Waals surface area contributed by atoms with E-state index in [2.05, 4.69) is 14.7 Å². The summed E-state index contributed by atoms with van der Waals surface area (Å²) in [7, 11) is 0. The van der Waals surface area contributed by atoms with Gasteiger partial charge in [0.1, 0.15) is 5.04 Å². The Bertz CT molecular complexity index is 1380. The predicted octanol–water partition coefficient (Wildman–Crippen LogP) is 5.08. The first-order chi connectivity index (χ1) is 17.2. The van der Waals surface area contributed by atoms with Gasteiger partial charge in [0.2, 0.25) is 11.1 Å². The molecule has 1 fully saturated rings. The molecular formula is C26H27ClN6O2S. The summed E-state index contributed by atoms with van der Waals surface area (Å²) >= 11 is 7.54. The van der Waals surface area contributed by atoms with E-state index in [1.807, 2.05) is 49.9 Å². The molecule has 0 unspecified atom stereocenters. The number of carbonyl (C=O) groups excluding carboxylic acids is 2. The first kappa shape index (κ1) is 24.5. The highest BCUT2D eigenvalue weighted by Gasteiger charge is 2.36. The Labute approximate surface area is 219 Å². The normalized spacial score (nSPS) is 19.1. The largest absolute Gasteiger partial charge is 0.342 e. The van der Waals surface area contributed by atoms with Gasteiger partial charge in [-0.05, 0) is 87.2 Å². The Kier molecular flexibility index (Phi) is 6.61. The van der Waals surface area contributed by atoms with Crippen molar-refractivity contribution in [1.82, 2.24) is 14.5 Å². The minimum atomic E-state index is -0.485. The van der Waals surface area contributed by atoms with Gasteiger partial charge in [0.15, 0.2) is 5.84 Å². The van der Waals surface area contributed by atoms with Gasteiger partial charge in [-0.15, -0.1) is 0 Å². The number of carbonyl (C=O) groups is 2. The number of piperidine rings is 1. The van der Waals surface area contributed by atoms with Crippen LogP contribution >= 0.6 is 23.4 Å². The molecule has 10 heteroatoms. The molecule has 0 radical (unpaired) electrons. The Balaban J connectivity index is 1.40. The van der Waals surface area contributed by atoms with E-state index >= 15 is 0 Å². The van der Waals surface area contributed by atoms with Crippen LogP contribution in [0.5, 0.6) is 0 Å². The molecular weight excluding hydrogens is 496 g/mol. The molecule has 3 aliphatic rings. The van der Waals surface area contributed by atoms with Crippen LogP contribution in [0.15, 0.2) is 39.9 Å². The van der Waals surface area contributed by atoms with Crippen LogP contribution in [0.1, 0.15) is 48.2 Å². The van der Waals surface area contributed by atoms with Crippen molar-refractivity contribution in [1.29, 1.82) is 5.41 Å². The van der Waals surface area contributed by atoms with Crippen LogP contribution in [-0.2, 0) is 9.59 Å². The third-order valence-electron chi connectivity index (χ3n) is 6.69. The molecule has 0 bridgehead atoms. The molecule has 36 heavy (non-hydrogen) atoms. The Morgan fingerprint density at radius 1 is 1.17 bits per heavy atom. The molecule has 3 aliphatic heterocycles. The smallest absolute Gasteiger partial charge is 0.283 e. The number of benzene rings is 1. The fourth-order valence-corrected chi connectivity index (χ4v) is 5.75. The predicted molar refractivity (Wildman–Crippen MR) is 145 cm³/mol. The van der Waals surface area contributed by atoms with Crippen LogP contribution in [0.3, 0.4) is 0 Å². The SMILES string of the molecule is Cc1ccc(-n2c(C)cc(/C=C3\C(=N)N4N=C(CC(=O)N5CCCCC5)SC4=NC3=O)c2C)cc1Cl. The highest BCUT2D eigenvalue weighted by Crippen LogP contribution is 2.31. The van der Waals surface area contributed by atoms with E-state index in [9.17, 15) is 9.59 Å². The van der Waals surface area contributed by atoms with Crippen molar-refractivity contribution in [2.45, 2.75) is 46.5 Å². The number of halogens is 1. The fourth-order valence-electron chi connectivity index (χ4n) is 4.70. The van der Waals surface area contributed by atoms with Crippen molar-refractivity contribution in [2.75, 3.05) is 13.1 Å². The number of aliphatic imine (C=N–C) groups is 1. The number of hydrogen-bond donors (Lipinski definition) is 1. The van der Waals surface area contributed by atoms with Crippen LogP contribution in [-0.4, -0.2) is 55.4 Å².